The quantitative estimate of drug-likeness (QED) is 0.586. The van der Waals surface area contributed by atoms with E-state index in [4.69, 9.17) is 11.6 Å². The molecule has 1 aromatic heterocycles. The summed E-state index contributed by atoms with van der Waals surface area (Å²) in [6, 6.07) is 13.5. The van der Waals surface area contributed by atoms with E-state index < -0.39 is 0 Å². The Labute approximate surface area is 124 Å². The molecule has 0 radical (unpaired) electrons. The zero-order valence-corrected chi connectivity index (χ0v) is 12.2. The van der Waals surface area contributed by atoms with Gasteiger partial charge in [0, 0.05) is 21.5 Å². The second-order valence-electron chi connectivity index (χ2n) is 3.55. The molecule has 1 heterocycles. The number of allylic oxidation sites excluding steroid dienone is 1. The highest BCUT2D eigenvalue weighted by atomic mass is 127. The van der Waals surface area contributed by atoms with Gasteiger partial charge in [0.25, 0.3) is 0 Å². The Morgan fingerprint density at radius 1 is 1.22 bits per heavy atom. The predicted molar refractivity (Wildman–Crippen MR) is 81.7 cm³/mol. The molecule has 4 heteroatoms. The zero-order valence-electron chi connectivity index (χ0n) is 9.27. The Bertz CT molecular complexity index is 630. The summed E-state index contributed by atoms with van der Waals surface area (Å²) < 4.78 is 1.08. The minimum absolute atomic E-state index is 0.437. The van der Waals surface area contributed by atoms with Gasteiger partial charge < -0.3 is 0 Å². The summed E-state index contributed by atoms with van der Waals surface area (Å²) in [7, 11) is 0. The van der Waals surface area contributed by atoms with E-state index in [1.807, 2.05) is 30.3 Å². The number of halogens is 2. The lowest BCUT2D eigenvalue weighted by atomic mass is 10.1. The normalized spacial score (nSPS) is 11.6. The molecular formula is C14H8ClIN2. The highest BCUT2D eigenvalue weighted by Crippen LogP contribution is 2.29. The number of pyridine rings is 1. The molecule has 0 unspecified atom stereocenters. The van der Waals surface area contributed by atoms with Crippen LogP contribution in [0.2, 0.25) is 0 Å². The molecule has 88 valence electrons. The van der Waals surface area contributed by atoms with Crippen LogP contribution in [0.15, 0.2) is 48.8 Å². The molecule has 0 saturated heterocycles. The monoisotopic (exact) mass is 366 g/mol. The largest absolute Gasteiger partial charge is 0.264 e. The van der Waals surface area contributed by atoms with Crippen LogP contribution in [0.25, 0.3) is 10.6 Å². The maximum atomic E-state index is 9.26. The second kappa shape index (κ2) is 5.98. The van der Waals surface area contributed by atoms with Crippen LogP contribution in [0.1, 0.15) is 11.1 Å². The fourth-order valence-corrected chi connectivity index (χ4v) is 2.33. The molecule has 0 amide bonds. The minimum Gasteiger partial charge on any atom is -0.264 e. The summed E-state index contributed by atoms with van der Waals surface area (Å²) in [5.41, 5.74) is 2.00. The van der Waals surface area contributed by atoms with Crippen LogP contribution in [0.3, 0.4) is 0 Å². The molecule has 0 fully saturated rings. The summed E-state index contributed by atoms with van der Waals surface area (Å²) in [6.07, 6.45) is 3.30. The van der Waals surface area contributed by atoms with Crippen LogP contribution in [-0.4, -0.2) is 4.98 Å². The van der Waals surface area contributed by atoms with Crippen molar-refractivity contribution in [2.45, 2.75) is 0 Å². The molecule has 2 rings (SSSR count). The second-order valence-corrected chi connectivity index (χ2v) is 5.18. The number of hydrogen-bond donors (Lipinski definition) is 0. The van der Waals surface area contributed by atoms with Gasteiger partial charge in [0.05, 0.1) is 10.6 Å². The molecule has 18 heavy (non-hydrogen) atoms. The molecule has 0 spiro atoms. The first-order valence-corrected chi connectivity index (χ1v) is 6.64. The standard InChI is InChI=1S/C14H8ClIN2/c15-14(10-3-1-5-12(16)7-10)13(8-17)11-4-2-6-18-9-11/h1-7,9H/b14-13-. The van der Waals surface area contributed by atoms with Gasteiger partial charge in [-0.15, -0.1) is 0 Å². The maximum absolute atomic E-state index is 9.26. The van der Waals surface area contributed by atoms with Crippen LogP contribution < -0.4 is 0 Å². The zero-order chi connectivity index (χ0) is 13.0. The Morgan fingerprint density at radius 3 is 2.61 bits per heavy atom. The van der Waals surface area contributed by atoms with E-state index in [1.54, 1.807) is 18.5 Å². The molecule has 1 aromatic carbocycles. The van der Waals surface area contributed by atoms with Gasteiger partial charge >= 0.3 is 0 Å². The summed E-state index contributed by atoms with van der Waals surface area (Å²) in [6.45, 7) is 0. The molecule has 0 aliphatic heterocycles. The molecule has 0 saturated carbocycles. The number of aromatic nitrogens is 1. The Morgan fingerprint density at radius 2 is 2.00 bits per heavy atom. The van der Waals surface area contributed by atoms with E-state index in [9.17, 15) is 5.26 Å². The third-order valence-corrected chi connectivity index (χ3v) is 3.44. The molecule has 0 bridgehead atoms. The van der Waals surface area contributed by atoms with Gasteiger partial charge in [-0.2, -0.15) is 5.26 Å². The number of benzene rings is 1. The van der Waals surface area contributed by atoms with Gasteiger partial charge in [-0.05, 0) is 46.4 Å². The van der Waals surface area contributed by atoms with Gasteiger partial charge in [-0.3, -0.25) is 4.98 Å². The van der Waals surface area contributed by atoms with Crippen LogP contribution in [0.4, 0.5) is 0 Å². The van der Waals surface area contributed by atoms with E-state index >= 15 is 0 Å². The highest BCUT2D eigenvalue weighted by molar-refractivity contribution is 14.1. The van der Waals surface area contributed by atoms with Crippen LogP contribution in [0, 0.1) is 14.9 Å². The Hall–Kier alpha value is -1.38. The average molecular weight is 367 g/mol. The van der Waals surface area contributed by atoms with Gasteiger partial charge in [0.2, 0.25) is 0 Å². The smallest absolute Gasteiger partial charge is 0.101 e. The van der Waals surface area contributed by atoms with E-state index in [-0.39, 0.29) is 0 Å². The third kappa shape index (κ3) is 2.89. The SMILES string of the molecule is N#C/C(=C(/Cl)c1cccc(I)c1)c1cccnc1. The number of nitriles is 1. The van der Waals surface area contributed by atoms with Crippen molar-refractivity contribution in [3.8, 4) is 6.07 Å². The van der Waals surface area contributed by atoms with Gasteiger partial charge in [-0.1, -0.05) is 29.8 Å². The summed E-state index contributed by atoms with van der Waals surface area (Å²) in [5, 5.41) is 9.71. The molecular weight excluding hydrogens is 359 g/mol. The topological polar surface area (TPSA) is 36.7 Å². The summed E-state index contributed by atoms with van der Waals surface area (Å²) in [4.78, 5) is 4.00. The number of nitrogens with zero attached hydrogens (tertiary/aromatic N) is 2. The van der Waals surface area contributed by atoms with Crippen molar-refractivity contribution >= 4 is 44.8 Å². The first kappa shape index (κ1) is 13.1. The van der Waals surface area contributed by atoms with Crippen molar-refractivity contribution in [3.05, 3.63) is 63.5 Å². The fraction of sp³-hybridized carbons (Fsp3) is 0. The minimum atomic E-state index is 0.437. The van der Waals surface area contributed by atoms with Gasteiger partial charge in [0.1, 0.15) is 6.07 Å². The lowest BCUT2D eigenvalue weighted by Crippen LogP contribution is -1.87. The predicted octanol–water partition coefficient (Wildman–Crippen LogP) is 4.32. The molecule has 0 atom stereocenters. The Balaban J connectivity index is 2.55. The van der Waals surface area contributed by atoms with Gasteiger partial charge in [-0.25, -0.2) is 0 Å². The lowest BCUT2D eigenvalue weighted by molar-refractivity contribution is 1.31. The highest BCUT2D eigenvalue weighted by Gasteiger charge is 2.09. The van der Waals surface area contributed by atoms with Crippen LogP contribution in [0.5, 0.6) is 0 Å². The first-order chi connectivity index (χ1) is 8.72. The van der Waals surface area contributed by atoms with E-state index in [1.165, 1.54) is 0 Å². The molecule has 2 nitrogen and oxygen atoms in total. The van der Waals surface area contributed by atoms with Crippen molar-refractivity contribution in [2.24, 2.45) is 0 Å². The third-order valence-electron chi connectivity index (χ3n) is 2.36. The fourth-order valence-electron chi connectivity index (χ4n) is 1.52. The molecule has 0 N–H and O–H groups in total. The van der Waals surface area contributed by atoms with E-state index in [0.29, 0.717) is 10.6 Å². The summed E-state index contributed by atoms with van der Waals surface area (Å²) >= 11 is 8.52. The van der Waals surface area contributed by atoms with Crippen molar-refractivity contribution in [1.29, 1.82) is 5.26 Å². The first-order valence-electron chi connectivity index (χ1n) is 5.18. The average Bonchev–Trinajstić information content (AvgIpc) is 2.41. The van der Waals surface area contributed by atoms with Crippen LogP contribution in [-0.2, 0) is 0 Å². The molecule has 2 aromatic rings. The molecule has 0 aliphatic rings. The number of rotatable bonds is 2. The van der Waals surface area contributed by atoms with Crippen molar-refractivity contribution in [2.75, 3.05) is 0 Å². The molecule has 0 aliphatic carbocycles. The number of hydrogen-bond acceptors (Lipinski definition) is 2. The van der Waals surface area contributed by atoms with E-state index in [2.05, 4.69) is 33.6 Å². The van der Waals surface area contributed by atoms with Crippen LogP contribution >= 0.6 is 34.2 Å². The summed E-state index contributed by atoms with van der Waals surface area (Å²) in [5.74, 6) is 0. The van der Waals surface area contributed by atoms with Crippen molar-refractivity contribution in [3.63, 3.8) is 0 Å². The van der Waals surface area contributed by atoms with Crippen molar-refractivity contribution < 1.29 is 0 Å². The Kier molecular flexibility index (Phi) is 4.34. The maximum Gasteiger partial charge on any atom is 0.101 e. The van der Waals surface area contributed by atoms with Crippen molar-refractivity contribution in [1.82, 2.24) is 4.98 Å². The van der Waals surface area contributed by atoms with Gasteiger partial charge in [0.15, 0.2) is 0 Å². The lowest BCUT2D eigenvalue weighted by Gasteiger charge is -2.04. The van der Waals surface area contributed by atoms with E-state index in [0.717, 1.165) is 14.7 Å².